The number of hydrazone groups is 1. The molecule has 1 aliphatic rings. The molecule has 5 nitrogen and oxygen atoms in total. The fourth-order valence-electron chi connectivity index (χ4n) is 2.99. The van der Waals surface area contributed by atoms with E-state index in [0.29, 0.717) is 17.1 Å². The average Bonchev–Trinajstić information content (AvgIpc) is 3.33. The Balaban J connectivity index is 1.40. The summed E-state index contributed by atoms with van der Waals surface area (Å²) in [5.41, 5.74) is 3.75. The number of carbonyl (C=O) groups is 1. The second-order valence-electron chi connectivity index (χ2n) is 6.61. The third kappa shape index (κ3) is 4.24. The lowest BCUT2D eigenvalue weighted by Crippen LogP contribution is -2.14. The van der Waals surface area contributed by atoms with Crippen LogP contribution in [0.2, 0.25) is 5.02 Å². The number of hydrogen-bond donors (Lipinski definition) is 1. The first-order valence-electron chi connectivity index (χ1n) is 8.99. The number of anilines is 2. The van der Waals surface area contributed by atoms with E-state index < -0.39 is 0 Å². The van der Waals surface area contributed by atoms with Gasteiger partial charge in [-0.1, -0.05) is 29.8 Å². The van der Waals surface area contributed by atoms with E-state index in [-0.39, 0.29) is 5.91 Å². The Morgan fingerprint density at radius 2 is 2.00 bits per heavy atom. The zero-order valence-electron chi connectivity index (χ0n) is 15.4. The van der Waals surface area contributed by atoms with Crippen molar-refractivity contribution < 1.29 is 4.79 Å². The maximum Gasteiger partial charge on any atom is 0.257 e. The van der Waals surface area contributed by atoms with Crippen LogP contribution in [0.4, 0.5) is 10.8 Å². The number of thiazole rings is 1. The Labute approximate surface area is 172 Å². The number of hydrogen-bond acceptors (Lipinski definition) is 5. The Morgan fingerprint density at radius 3 is 2.71 bits per heavy atom. The monoisotopic (exact) mass is 410 g/mol. The highest BCUT2D eigenvalue weighted by atomic mass is 35.5. The van der Waals surface area contributed by atoms with Crippen LogP contribution in [0, 0.1) is 0 Å². The van der Waals surface area contributed by atoms with Crippen LogP contribution >= 0.6 is 22.9 Å². The number of nitrogens with zero attached hydrogens (tertiary/aromatic N) is 3. The SMILES string of the molecule is CC1=NN(c2ccc(C(=O)Nc3ncc(Cc4ccccc4Cl)s3)cc2)CC1. The summed E-state index contributed by atoms with van der Waals surface area (Å²) in [4.78, 5) is 17.9. The van der Waals surface area contributed by atoms with Crippen LogP contribution in [0.1, 0.15) is 34.1 Å². The second kappa shape index (κ2) is 8.12. The first kappa shape index (κ1) is 18.7. The molecule has 1 N–H and O–H groups in total. The Hall–Kier alpha value is -2.70. The summed E-state index contributed by atoms with van der Waals surface area (Å²) in [6.07, 6.45) is 3.45. The van der Waals surface area contributed by atoms with E-state index in [0.717, 1.165) is 39.8 Å². The summed E-state index contributed by atoms with van der Waals surface area (Å²) in [7, 11) is 0. The largest absolute Gasteiger partial charge is 0.298 e. The van der Waals surface area contributed by atoms with Gasteiger partial charge in [-0.15, -0.1) is 11.3 Å². The van der Waals surface area contributed by atoms with Crippen molar-refractivity contribution in [1.82, 2.24) is 4.98 Å². The van der Waals surface area contributed by atoms with Crippen molar-refractivity contribution in [2.24, 2.45) is 5.10 Å². The number of carbonyl (C=O) groups excluding carboxylic acids is 1. The van der Waals surface area contributed by atoms with Crippen LogP contribution in [0.3, 0.4) is 0 Å². The number of aromatic nitrogens is 1. The Morgan fingerprint density at radius 1 is 1.21 bits per heavy atom. The van der Waals surface area contributed by atoms with E-state index in [1.807, 2.05) is 60.5 Å². The van der Waals surface area contributed by atoms with Crippen molar-refractivity contribution in [3.05, 3.63) is 75.8 Å². The lowest BCUT2D eigenvalue weighted by molar-refractivity contribution is 0.102. The van der Waals surface area contributed by atoms with E-state index in [4.69, 9.17) is 11.6 Å². The number of benzene rings is 2. The fraction of sp³-hybridized carbons (Fsp3) is 0.190. The molecule has 0 atom stereocenters. The summed E-state index contributed by atoms with van der Waals surface area (Å²) in [5, 5.41) is 10.6. The first-order chi connectivity index (χ1) is 13.6. The molecule has 1 aliphatic heterocycles. The van der Waals surface area contributed by atoms with Crippen LogP contribution in [0.25, 0.3) is 0 Å². The van der Waals surface area contributed by atoms with Crippen LogP contribution in [-0.4, -0.2) is 23.1 Å². The number of amides is 1. The van der Waals surface area contributed by atoms with Crippen molar-refractivity contribution in [2.45, 2.75) is 19.8 Å². The zero-order valence-corrected chi connectivity index (χ0v) is 16.9. The minimum Gasteiger partial charge on any atom is -0.298 e. The van der Waals surface area contributed by atoms with Crippen molar-refractivity contribution in [1.29, 1.82) is 0 Å². The lowest BCUT2D eigenvalue weighted by atomic mass is 10.1. The number of rotatable bonds is 5. The highest BCUT2D eigenvalue weighted by Crippen LogP contribution is 2.25. The number of halogens is 1. The van der Waals surface area contributed by atoms with Gasteiger partial charge in [0.15, 0.2) is 5.13 Å². The molecule has 0 aliphatic carbocycles. The van der Waals surface area contributed by atoms with Crippen LogP contribution in [0.15, 0.2) is 59.8 Å². The van der Waals surface area contributed by atoms with E-state index in [1.54, 1.807) is 6.20 Å². The molecule has 2 aromatic carbocycles. The van der Waals surface area contributed by atoms with E-state index in [9.17, 15) is 4.79 Å². The summed E-state index contributed by atoms with van der Waals surface area (Å²) in [5.74, 6) is -0.175. The van der Waals surface area contributed by atoms with Gasteiger partial charge in [0.25, 0.3) is 5.91 Å². The minimum atomic E-state index is -0.175. The third-order valence-corrected chi connectivity index (χ3v) is 5.78. The molecule has 3 aromatic rings. The van der Waals surface area contributed by atoms with Gasteiger partial charge < -0.3 is 0 Å². The molecule has 1 amide bonds. The fourth-order valence-corrected chi connectivity index (χ4v) is 4.02. The van der Waals surface area contributed by atoms with Gasteiger partial charge in [0.05, 0.1) is 5.69 Å². The molecule has 0 saturated heterocycles. The van der Waals surface area contributed by atoms with Crippen LogP contribution < -0.4 is 10.3 Å². The predicted octanol–water partition coefficient (Wildman–Crippen LogP) is 5.23. The summed E-state index contributed by atoms with van der Waals surface area (Å²) in [6.45, 7) is 2.90. The van der Waals surface area contributed by atoms with Crippen molar-refractivity contribution >= 4 is 45.4 Å². The van der Waals surface area contributed by atoms with Crippen molar-refractivity contribution in [3.63, 3.8) is 0 Å². The van der Waals surface area contributed by atoms with E-state index in [2.05, 4.69) is 15.4 Å². The topological polar surface area (TPSA) is 57.6 Å². The summed E-state index contributed by atoms with van der Waals surface area (Å²) >= 11 is 7.67. The Kier molecular flexibility index (Phi) is 5.41. The second-order valence-corrected chi connectivity index (χ2v) is 8.13. The average molecular weight is 411 g/mol. The normalized spacial score (nSPS) is 13.5. The van der Waals surface area contributed by atoms with E-state index >= 15 is 0 Å². The zero-order chi connectivity index (χ0) is 19.5. The van der Waals surface area contributed by atoms with Gasteiger partial charge in [-0.3, -0.25) is 15.1 Å². The molecule has 0 bridgehead atoms. The molecule has 0 saturated carbocycles. The molecule has 0 unspecified atom stereocenters. The standard InChI is InChI=1S/C21H19ClN4OS/c1-14-10-11-26(25-14)17-8-6-15(7-9-17)20(27)24-21-23-13-18(28-21)12-16-4-2-3-5-19(16)22/h2-9,13H,10-12H2,1H3,(H,23,24,27). The molecular formula is C21H19ClN4OS. The van der Waals surface area contributed by atoms with Crippen molar-refractivity contribution in [3.8, 4) is 0 Å². The number of nitrogens with one attached hydrogen (secondary N) is 1. The highest BCUT2D eigenvalue weighted by Gasteiger charge is 2.14. The molecule has 142 valence electrons. The van der Waals surface area contributed by atoms with Gasteiger partial charge in [0, 0.05) is 46.8 Å². The highest BCUT2D eigenvalue weighted by molar-refractivity contribution is 7.15. The molecule has 1 aromatic heterocycles. The molecule has 0 fully saturated rings. The maximum absolute atomic E-state index is 12.5. The molecular weight excluding hydrogens is 392 g/mol. The summed E-state index contributed by atoms with van der Waals surface area (Å²) < 4.78 is 0. The molecule has 0 spiro atoms. The minimum absolute atomic E-state index is 0.175. The van der Waals surface area contributed by atoms with E-state index in [1.165, 1.54) is 11.3 Å². The van der Waals surface area contributed by atoms with Gasteiger partial charge in [-0.2, -0.15) is 5.10 Å². The molecule has 2 heterocycles. The van der Waals surface area contributed by atoms with Crippen LogP contribution in [0.5, 0.6) is 0 Å². The quantitative estimate of drug-likeness (QED) is 0.626. The van der Waals surface area contributed by atoms with Crippen LogP contribution in [-0.2, 0) is 6.42 Å². The molecule has 28 heavy (non-hydrogen) atoms. The summed E-state index contributed by atoms with van der Waals surface area (Å²) in [6, 6.07) is 15.2. The molecule has 7 heteroatoms. The molecule has 0 radical (unpaired) electrons. The van der Waals surface area contributed by atoms with Gasteiger partial charge in [0.1, 0.15) is 0 Å². The van der Waals surface area contributed by atoms with Gasteiger partial charge in [-0.25, -0.2) is 4.98 Å². The smallest absolute Gasteiger partial charge is 0.257 e. The Bertz CT molecular complexity index is 1030. The lowest BCUT2D eigenvalue weighted by Gasteiger charge is -2.13. The van der Waals surface area contributed by atoms with Gasteiger partial charge >= 0.3 is 0 Å². The third-order valence-electron chi connectivity index (χ3n) is 4.50. The van der Waals surface area contributed by atoms with Gasteiger partial charge in [-0.05, 0) is 42.8 Å². The first-order valence-corrected chi connectivity index (χ1v) is 10.2. The maximum atomic E-state index is 12.5. The van der Waals surface area contributed by atoms with Gasteiger partial charge in [0.2, 0.25) is 0 Å². The molecule has 4 rings (SSSR count). The van der Waals surface area contributed by atoms with Crippen molar-refractivity contribution in [2.75, 3.05) is 16.9 Å². The predicted molar refractivity (Wildman–Crippen MR) is 116 cm³/mol.